The Bertz CT molecular complexity index is 645. The molecule has 0 radical (unpaired) electrons. The van der Waals surface area contributed by atoms with Crippen molar-refractivity contribution in [3.63, 3.8) is 0 Å². The highest BCUT2D eigenvalue weighted by molar-refractivity contribution is 5.66. The Balaban J connectivity index is 2.62. The minimum absolute atomic E-state index is 0.165. The van der Waals surface area contributed by atoms with Crippen LogP contribution in [0.1, 0.15) is 39.1 Å². The van der Waals surface area contributed by atoms with Crippen molar-refractivity contribution in [3.05, 3.63) is 41.5 Å². The summed E-state index contributed by atoms with van der Waals surface area (Å²) in [5, 5.41) is 3.22. The third-order valence-corrected chi connectivity index (χ3v) is 3.23. The summed E-state index contributed by atoms with van der Waals surface area (Å²) < 4.78 is 13.6. The molecule has 1 aromatic heterocycles. The predicted octanol–water partition coefficient (Wildman–Crippen LogP) is 4.32. The number of aryl methyl sites for hydroxylation is 1. The molecule has 1 aromatic carbocycles. The van der Waals surface area contributed by atoms with Crippen LogP contribution in [0.3, 0.4) is 0 Å². The standard InChI is InChI=1S/C17H22FN3/c1-6-19-15-10-14(20-16(21-15)17(3,4)5)13-9-12(18)8-7-11(13)2/h7-10H,6H2,1-5H3,(H,19,20,21). The summed E-state index contributed by atoms with van der Waals surface area (Å²) in [6.45, 7) is 11.0. The van der Waals surface area contributed by atoms with Crippen molar-refractivity contribution in [2.75, 3.05) is 11.9 Å². The number of anilines is 1. The van der Waals surface area contributed by atoms with Gasteiger partial charge in [-0.05, 0) is 31.5 Å². The number of nitrogens with one attached hydrogen (secondary N) is 1. The van der Waals surface area contributed by atoms with Crippen LogP contribution < -0.4 is 5.32 Å². The van der Waals surface area contributed by atoms with E-state index >= 15 is 0 Å². The van der Waals surface area contributed by atoms with Gasteiger partial charge in [0.15, 0.2) is 0 Å². The van der Waals surface area contributed by atoms with Gasteiger partial charge in [0.05, 0.1) is 5.69 Å². The van der Waals surface area contributed by atoms with Crippen molar-refractivity contribution in [2.24, 2.45) is 0 Å². The molecule has 0 aliphatic rings. The highest BCUT2D eigenvalue weighted by Crippen LogP contribution is 2.28. The SMILES string of the molecule is CCNc1cc(-c2cc(F)ccc2C)nc(C(C)(C)C)n1. The Morgan fingerprint density at radius 3 is 2.48 bits per heavy atom. The molecule has 0 spiro atoms. The lowest BCUT2D eigenvalue weighted by atomic mass is 9.95. The maximum absolute atomic E-state index is 13.6. The lowest BCUT2D eigenvalue weighted by Crippen LogP contribution is -2.18. The molecule has 3 nitrogen and oxygen atoms in total. The zero-order valence-electron chi connectivity index (χ0n) is 13.3. The molecule has 0 amide bonds. The van der Waals surface area contributed by atoms with Gasteiger partial charge in [-0.25, -0.2) is 14.4 Å². The number of nitrogens with zero attached hydrogens (tertiary/aromatic N) is 2. The van der Waals surface area contributed by atoms with E-state index in [-0.39, 0.29) is 11.2 Å². The third kappa shape index (κ3) is 3.57. The van der Waals surface area contributed by atoms with Crippen molar-refractivity contribution in [1.29, 1.82) is 0 Å². The molecule has 21 heavy (non-hydrogen) atoms. The molecule has 1 N–H and O–H groups in total. The van der Waals surface area contributed by atoms with Crippen LogP contribution in [0.25, 0.3) is 11.3 Å². The number of aromatic nitrogens is 2. The van der Waals surface area contributed by atoms with Gasteiger partial charge in [-0.1, -0.05) is 26.8 Å². The quantitative estimate of drug-likeness (QED) is 0.913. The average molecular weight is 287 g/mol. The van der Waals surface area contributed by atoms with Crippen LogP contribution in [0.4, 0.5) is 10.2 Å². The first-order chi connectivity index (χ1) is 9.81. The summed E-state index contributed by atoms with van der Waals surface area (Å²) in [6.07, 6.45) is 0. The van der Waals surface area contributed by atoms with Gasteiger partial charge in [0.25, 0.3) is 0 Å². The number of benzene rings is 1. The Labute approximate surface area is 125 Å². The van der Waals surface area contributed by atoms with Crippen LogP contribution in [0, 0.1) is 12.7 Å². The van der Waals surface area contributed by atoms with Crippen molar-refractivity contribution in [2.45, 2.75) is 40.0 Å². The molecule has 2 rings (SSSR count). The van der Waals surface area contributed by atoms with Gasteiger partial charge in [0, 0.05) is 23.6 Å². The molecule has 0 unspecified atom stereocenters. The summed E-state index contributed by atoms with van der Waals surface area (Å²) in [5.74, 6) is 1.27. The smallest absolute Gasteiger partial charge is 0.136 e. The van der Waals surface area contributed by atoms with Gasteiger partial charge in [-0.3, -0.25) is 0 Å². The minimum atomic E-state index is -0.253. The molecule has 0 bridgehead atoms. The molecule has 0 fully saturated rings. The van der Waals surface area contributed by atoms with E-state index in [4.69, 9.17) is 0 Å². The summed E-state index contributed by atoms with van der Waals surface area (Å²) in [5.41, 5.74) is 2.39. The van der Waals surface area contributed by atoms with E-state index in [0.29, 0.717) is 0 Å². The Morgan fingerprint density at radius 1 is 1.14 bits per heavy atom. The van der Waals surface area contributed by atoms with E-state index in [9.17, 15) is 4.39 Å². The lowest BCUT2D eigenvalue weighted by molar-refractivity contribution is 0.546. The zero-order chi connectivity index (χ0) is 15.6. The maximum Gasteiger partial charge on any atom is 0.136 e. The zero-order valence-corrected chi connectivity index (χ0v) is 13.3. The second-order valence-corrected chi connectivity index (χ2v) is 6.20. The fraction of sp³-hybridized carbons (Fsp3) is 0.412. The first kappa shape index (κ1) is 15.4. The summed E-state index contributed by atoms with van der Waals surface area (Å²) in [4.78, 5) is 9.20. The Hall–Kier alpha value is -1.97. The van der Waals surface area contributed by atoms with E-state index in [2.05, 4.69) is 36.1 Å². The topological polar surface area (TPSA) is 37.8 Å². The normalized spacial score (nSPS) is 11.5. The van der Waals surface area contributed by atoms with E-state index < -0.39 is 0 Å². The summed E-state index contributed by atoms with van der Waals surface area (Å²) in [6, 6.07) is 6.65. The first-order valence-electron chi connectivity index (χ1n) is 7.21. The van der Waals surface area contributed by atoms with Gasteiger partial charge in [-0.2, -0.15) is 0 Å². The fourth-order valence-corrected chi connectivity index (χ4v) is 2.06. The van der Waals surface area contributed by atoms with Gasteiger partial charge < -0.3 is 5.32 Å². The van der Waals surface area contributed by atoms with Crippen molar-refractivity contribution >= 4 is 5.82 Å². The molecular weight excluding hydrogens is 265 g/mol. The van der Waals surface area contributed by atoms with Crippen molar-refractivity contribution in [3.8, 4) is 11.3 Å². The minimum Gasteiger partial charge on any atom is -0.370 e. The molecule has 4 heteroatoms. The van der Waals surface area contributed by atoms with Crippen LogP contribution >= 0.6 is 0 Å². The van der Waals surface area contributed by atoms with Gasteiger partial charge in [0.2, 0.25) is 0 Å². The highest BCUT2D eigenvalue weighted by Gasteiger charge is 2.20. The molecule has 1 heterocycles. The molecule has 0 aliphatic heterocycles. The monoisotopic (exact) mass is 287 g/mol. The maximum atomic E-state index is 13.6. The predicted molar refractivity (Wildman–Crippen MR) is 85.0 cm³/mol. The summed E-state index contributed by atoms with van der Waals surface area (Å²) in [7, 11) is 0. The van der Waals surface area contributed by atoms with Crippen LogP contribution in [0.15, 0.2) is 24.3 Å². The fourth-order valence-electron chi connectivity index (χ4n) is 2.06. The highest BCUT2D eigenvalue weighted by atomic mass is 19.1. The van der Waals surface area contributed by atoms with Crippen LogP contribution in [0.2, 0.25) is 0 Å². The first-order valence-corrected chi connectivity index (χ1v) is 7.21. The molecule has 112 valence electrons. The number of hydrogen-bond acceptors (Lipinski definition) is 3. The van der Waals surface area contributed by atoms with Gasteiger partial charge in [0.1, 0.15) is 17.5 Å². The molecule has 0 aliphatic carbocycles. The average Bonchev–Trinajstić information content (AvgIpc) is 2.40. The van der Waals surface area contributed by atoms with E-state index in [1.165, 1.54) is 12.1 Å². The van der Waals surface area contributed by atoms with E-state index in [1.807, 2.05) is 19.9 Å². The Morgan fingerprint density at radius 2 is 1.86 bits per heavy atom. The van der Waals surface area contributed by atoms with Crippen molar-refractivity contribution in [1.82, 2.24) is 9.97 Å². The molecule has 0 saturated carbocycles. The third-order valence-electron chi connectivity index (χ3n) is 3.23. The van der Waals surface area contributed by atoms with Crippen LogP contribution in [-0.4, -0.2) is 16.5 Å². The second kappa shape index (κ2) is 5.80. The van der Waals surface area contributed by atoms with E-state index in [0.717, 1.165) is 35.0 Å². The number of hydrogen-bond donors (Lipinski definition) is 1. The number of halogens is 1. The largest absolute Gasteiger partial charge is 0.370 e. The summed E-state index contributed by atoms with van der Waals surface area (Å²) >= 11 is 0. The Kier molecular flexibility index (Phi) is 4.26. The van der Waals surface area contributed by atoms with Crippen molar-refractivity contribution < 1.29 is 4.39 Å². The molecule has 0 saturated heterocycles. The number of rotatable bonds is 3. The molecule has 0 atom stereocenters. The lowest BCUT2D eigenvalue weighted by Gasteiger charge is -2.19. The van der Waals surface area contributed by atoms with Crippen LogP contribution in [0.5, 0.6) is 0 Å². The van der Waals surface area contributed by atoms with Crippen LogP contribution in [-0.2, 0) is 5.41 Å². The van der Waals surface area contributed by atoms with E-state index in [1.54, 1.807) is 6.07 Å². The van der Waals surface area contributed by atoms with Gasteiger partial charge >= 0.3 is 0 Å². The second-order valence-electron chi connectivity index (χ2n) is 6.20. The van der Waals surface area contributed by atoms with Gasteiger partial charge in [-0.15, -0.1) is 0 Å². The molecule has 2 aromatic rings. The molecular formula is C17H22FN3.